The quantitative estimate of drug-likeness (QED) is 0.360. The smallest absolute Gasteiger partial charge is 0.278 e. The minimum Gasteiger partial charge on any atom is -0.338 e. The predicted molar refractivity (Wildman–Crippen MR) is 134 cm³/mol. The molecule has 2 heterocycles. The van der Waals surface area contributed by atoms with Gasteiger partial charge in [-0.3, -0.25) is 13.9 Å². The number of nitrogens with zero attached hydrogens (tertiary/aromatic N) is 4. The number of amides is 1. The van der Waals surface area contributed by atoms with Gasteiger partial charge in [-0.05, 0) is 61.6 Å². The Balaban J connectivity index is 1.74. The van der Waals surface area contributed by atoms with Crippen LogP contribution in [-0.2, 0) is 14.9 Å². The zero-order valence-corrected chi connectivity index (χ0v) is 20.5. The van der Waals surface area contributed by atoms with E-state index >= 15 is 0 Å². The van der Waals surface area contributed by atoms with Crippen LogP contribution < -0.4 is 20.4 Å². The Bertz CT molecular complexity index is 1310. The van der Waals surface area contributed by atoms with E-state index < -0.39 is 15.9 Å². The van der Waals surface area contributed by atoms with Crippen LogP contribution in [0.25, 0.3) is 0 Å². The SMILES string of the molecule is CCONC(=O)c1ccc(Nc2ncccn2)nc1Nc1ccc(C2CC2)cc1N(C)S(C)(=O)=O. The number of hydrogen-bond donors (Lipinski definition) is 3. The maximum absolute atomic E-state index is 12.7. The molecule has 12 heteroatoms. The molecule has 1 amide bonds. The molecule has 0 radical (unpaired) electrons. The summed E-state index contributed by atoms with van der Waals surface area (Å²) in [4.78, 5) is 30.6. The van der Waals surface area contributed by atoms with Gasteiger partial charge in [0.1, 0.15) is 11.6 Å². The minimum absolute atomic E-state index is 0.199. The second-order valence-corrected chi connectivity index (χ2v) is 10.1. The molecule has 2 aromatic heterocycles. The van der Waals surface area contributed by atoms with Crippen molar-refractivity contribution in [2.45, 2.75) is 25.7 Å². The number of carbonyl (C=O) groups excluding carboxylic acids is 1. The highest BCUT2D eigenvalue weighted by Gasteiger charge is 2.26. The molecule has 3 N–H and O–H groups in total. The third-order valence-electron chi connectivity index (χ3n) is 5.42. The summed E-state index contributed by atoms with van der Waals surface area (Å²) >= 11 is 0. The van der Waals surface area contributed by atoms with Crippen molar-refractivity contribution in [2.24, 2.45) is 0 Å². The predicted octanol–water partition coefficient (Wildman–Crippen LogP) is 3.31. The van der Waals surface area contributed by atoms with Gasteiger partial charge in [0, 0.05) is 19.4 Å². The third kappa shape index (κ3) is 6.03. The number of anilines is 5. The maximum atomic E-state index is 12.7. The number of benzene rings is 1. The molecule has 4 rings (SSSR count). The zero-order chi connectivity index (χ0) is 25.0. The van der Waals surface area contributed by atoms with Gasteiger partial charge in [-0.1, -0.05) is 6.07 Å². The van der Waals surface area contributed by atoms with Crippen molar-refractivity contribution in [3.63, 3.8) is 0 Å². The van der Waals surface area contributed by atoms with Gasteiger partial charge >= 0.3 is 0 Å². The van der Waals surface area contributed by atoms with Crippen LogP contribution >= 0.6 is 0 Å². The summed E-state index contributed by atoms with van der Waals surface area (Å²) in [7, 11) is -2.04. The number of carbonyl (C=O) groups is 1. The van der Waals surface area contributed by atoms with Gasteiger partial charge in [0.05, 0.1) is 29.8 Å². The lowest BCUT2D eigenvalue weighted by atomic mass is 10.1. The highest BCUT2D eigenvalue weighted by atomic mass is 32.2. The second-order valence-electron chi connectivity index (χ2n) is 8.06. The van der Waals surface area contributed by atoms with Crippen molar-refractivity contribution < 1.29 is 18.0 Å². The number of pyridine rings is 1. The summed E-state index contributed by atoms with van der Waals surface area (Å²) in [6.45, 7) is 2.04. The Labute approximate surface area is 204 Å². The van der Waals surface area contributed by atoms with E-state index in [-0.39, 0.29) is 11.4 Å². The number of rotatable bonds is 10. The number of aromatic nitrogens is 3. The number of sulfonamides is 1. The average Bonchev–Trinajstić information content (AvgIpc) is 3.68. The molecule has 0 atom stereocenters. The van der Waals surface area contributed by atoms with Crippen molar-refractivity contribution in [2.75, 3.05) is 34.8 Å². The number of hydroxylamine groups is 1. The Morgan fingerprint density at radius 1 is 1.14 bits per heavy atom. The monoisotopic (exact) mass is 497 g/mol. The van der Waals surface area contributed by atoms with Crippen LogP contribution in [0.1, 0.15) is 41.6 Å². The number of nitrogens with one attached hydrogen (secondary N) is 3. The molecule has 1 aliphatic carbocycles. The fourth-order valence-corrected chi connectivity index (χ4v) is 3.88. The molecule has 0 saturated heterocycles. The van der Waals surface area contributed by atoms with Crippen molar-refractivity contribution in [3.05, 3.63) is 59.9 Å². The van der Waals surface area contributed by atoms with Crippen LogP contribution in [0.2, 0.25) is 0 Å². The summed E-state index contributed by atoms with van der Waals surface area (Å²) in [5.74, 6) is 0.852. The lowest BCUT2D eigenvalue weighted by Gasteiger charge is -2.22. The zero-order valence-electron chi connectivity index (χ0n) is 19.6. The molecule has 0 spiro atoms. The van der Waals surface area contributed by atoms with Crippen molar-refractivity contribution in [3.8, 4) is 0 Å². The first-order valence-electron chi connectivity index (χ1n) is 11.1. The molecule has 0 bridgehead atoms. The van der Waals surface area contributed by atoms with Crippen LogP contribution in [-0.4, -0.2) is 49.2 Å². The van der Waals surface area contributed by atoms with Gasteiger partial charge in [0.2, 0.25) is 16.0 Å². The lowest BCUT2D eigenvalue weighted by Crippen LogP contribution is -2.26. The molecule has 1 aliphatic rings. The highest BCUT2D eigenvalue weighted by Crippen LogP contribution is 2.43. The molecular formula is C23H27N7O4S. The molecular weight excluding hydrogens is 470 g/mol. The van der Waals surface area contributed by atoms with E-state index in [9.17, 15) is 13.2 Å². The van der Waals surface area contributed by atoms with Gasteiger partial charge in [0.15, 0.2) is 0 Å². The topological polar surface area (TPSA) is 138 Å². The number of hydrogen-bond acceptors (Lipinski definition) is 9. The van der Waals surface area contributed by atoms with E-state index in [4.69, 9.17) is 4.84 Å². The molecule has 184 valence electrons. The Morgan fingerprint density at radius 3 is 2.54 bits per heavy atom. The first-order valence-corrected chi connectivity index (χ1v) is 12.9. The first kappa shape index (κ1) is 24.4. The van der Waals surface area contributed by atoms with Gasteiger partial charge in [0.25, 0.3) is 5.91 Å². The standard InChI is InChI=1S/C23H27N7O4S/c1-4-34-29-22(31)17-9-11-20(28-23-24-12-5-13-25-23)27-21(17)26-18-10-8-16(15-6-7-15)14-19(18)30(2)35(3,32)33/h5,8-15H,4,6-7H2,1-3H3,(H,29,31)(H2,24,25,26,27,28). The second kappa shape index (κ2) is 10.2. The minimum atomic E-state index is -3.54. The molecule has 0 aliphatic heterocycles. The first-order chi connectivity index (χ1) is 16.8. The van der Waals surface area contributed by atoms with Gasteiger partial charge in [-0.15, -0.1) is 0 Å². The largest absolute Gasteiger partial charge is 0.338 e. The van der Waals surface area contributed by atoms with E-state index in [1.165, 1.54) is 11.4 Å². The fourth-order valence-electron chi connectivity index (χ4n) is 3.37. The molecule has 1 fully saturated rings. The van der Waals surface area contributed by atoms with Crippen LogP contribution in [0.15, 0.2) is 48.8 Å². The molecule has 35 heavy (non-hydrogen) atoms. The molecule has 1 saturated carbocycles. The fraction of sp³-hybridized carbons (Fsp3) is 0.304. The van der Waals surface area contributed by atoms with Crippen LogP contribution in [0.5, 0.6) is 0 Å². The molecule has 3 aromatic rings. The van der Waals surface area contributed by atoms with E-state index in [2.05, 4.69) is 31.1 Å². The normalized spacial score (nSPS) is 13.2. The summed E-state index contributed by atoms with van der Waals surface area (Å²) < 4.78 is 25.9. The van der Waals surface area contributed by atoms with Crippen molar-refractivity contribution in [1.82, 2.24) is 20.4 Å². The summed E-state index contributed by atoms with van der Waals surface area (Å²) in [5, 5.41) is 6.14. The summed E-state index contributed by atoms with van der Waals surface area (Å²) in [6, 6.07) is 10.5. The van der Waals surface area contributed by atoms with E-state index in [0.29, 0.717) is 35.7 Å². The van der Waals surface area contributed by atoms with Gasteiger partial charge < -0.3 is 10.6 Å². The molecule has 11 nitrogen and oxygen atoms in total. The third-order valence-corrected chi connectivity index (χ3v) is 6.61. The maximum Gasteiger partial charge on any atom is 0.278 e. The molecule has 1 aromatic carbocycles. The van der Waals surface area contributed by atoms with Gasteiger partial charge in [-0.2, -0.15) is 0 Å². The highest BCUT2D eigenvalue weighted by molar-refractivity contribution is 7.92. The Hall–Kier alpha value is -3.77. The average molecular weight is 498 g/mol. The van der Waals surface area contributed by atoms with E-state index in [1.54, 1.807) is 43.6 Å². The summed E-state index contributed by atoms with van der Waals surface area (Å²) in [5.41, 5.74) is 4.58. The van der Waals surface area contributed by atoms with Crippen molar-refractivity contribution >= 4 is 44.9 Å². The van der Waals surface area contributed by atoms with Crippen LogP contribution in [0.3, 0.4) is 0 Å². The lowest BCUT2D eigenvalue weighted by molar-refractivity contribution is 0.0365. The van der Waals surface area contributed by atoms with Crippen molar-refractivity contribution in [1.29, 1.82) is 0 Å². The van der Waals surface area contributed by atoms with E-state index in [0.717, 1.165) is 24.7 Å². The summed E-state index contributed by atoms with van der Waals surface area (Å²) in [6.07, 6.45) is 6.48. The Morgan fingerprint density at radius 2 is 1.89 bits per heavy atom. The van der Waals surface area contributed by atoms with Gasteiger partial charge in [-0.25, -0.2) is 28.8 Å². The molecule has 0 unspecified atom stereocenters. The van der Waals surface area contributed by atoms with Crippen LogP contribution in [0.4, 0.5) is 29.0 Å². The van der Waals surface area contributed by atoms with Crippen LogP contribution in [0, 0.1) is 0 Å². The van der Waals surface area contributed by atoms with E-state index in [1.807, 2.05) is 12.1 Å². The Kier molecular flexibility index (Phi) is 7.12.